The van der Waals surface area contributed by atoms with E-state index < -0.39 is 11.2 Å². The van der Waals surface area contributed by atoms with E-state index in [0.717, 1.165) is 16.6 Å². The van der Waals surface area contributed by atoms with Crippen molar-refractivity contribution < 1.29 is 9.59 Å². The van der Waals surface area contributed by atoms with Gasteiger partial charge >= 0.3 is 0 Å². The van der Waals surface area contributed by atoms with Crippen LogP contribution in [0, 0.1) is 0 Å². The third-order valence-corrected chi connectivity index (χ3v) is 8.12. The van der Waals surface area contributed by atoms with Crippen LogP contribution in [0.1, 0.15) is 41.6 Å². The van der Waals surface area contributed by atoms with Crippen LogP contribution in [0.25, 0.3) is 27.6 Å². The summed E-state index contributed by atoms with van der Waals surface area (Å²) in [5.41, 5.74) is 9.87. The van der Waals surface area contributed by atoms with Gasteiger partial charge in [-0.2, -0.15) is 0 Å². The lowest BCUT2D eigenvalue weighted by atomic mass is 9.99. The fourth-order valence-corrected chi connectivity index (χ4v) is 5.82. The molecule has 6 rings (SSSR count). The zero-order chi connectivity index (χ0) is 26.4. The number of hydrogen-bond donors (Lipinski definition) is 2. The number of nitrogens with one attached hydrogen (secondary N) is 1. The molecule has 1 aliphatic carbocycles. The zero-order valence-corrected chi connectivity index (χ0v) is 22.1. The molecule has 0 spiro atoms. The molecule has 0 saturated heterocycles. The van der Waals surface area contributed by atoms with Crippen molar-refractivity contribution in [1.29, 1.82) is 0 Å². The molecule has 2 aromatic heterocycles. The number of anilines is 1. The van der Waals surface area contributed by atoms with Crippen LogP contribution in [0.4, 0.5) is 5.69 Å². The van der Waals surface area contributed by atoms with Crippen LogP contribution in [-0.2, 0) is 4.79 Å². The van der Waals surface area contributed by atoms with E-state index in [1.165, 1.54) is 47.7 Å². The van der Waals surface area contributed by atoms with E-state index in [0.29, 0.717) is 22.4 Å². The summed E-state index contributed by atoms with van der Waals surface area (Å²) in [5.74, 6) is -0.209. The average Bonchev–Trinajstić information content (AvgIpc) is 3.70. The normalized spacial score (nSPS) is 14.1. The maximum atomic E-state index is 13.2. The van der Waals surface area contributed by atoms with Gasteiger partial charge in [-0.1, -0.05) is 53.7 Å². The molecule has 0 radical (unpaired) electrons. The van der Waals surface area contributed by atoms with E-state index in [-0.39, 0.29) is 16.5 Å². The van der Waals surface area contributed by atoms with Gasteiger partial charge in [0, 0.05) is 17.1 Å². The van der Waals surface area contributed by atoms with Crippen molar-refractivity contribution in [3.63, 3.8) is 0 Å². The second-order valence-electron chi connectivity index (χ2n) is 9.38. The van der Waals surface area contributed by atoms with Gasteiger partial charge in [-0.15, -0.1) is 0 Å². The number of nitrogens with two attached hydrogens (primary N) is 1. The smallest absolute Gasteiger partial charge is 0.248 e. The minimum atomic E-state index is -0.584. The first-order valence-corrected chi connectivity index (χ1v) is 13.6. The van der Waals surface area contributed by atoms with Gasteiger partial charge in [-0.3, -0.25) is 14.2 Å². The Hall–Kier alpha value is -3.88. The quantitative estimate of drug-likeness (QED) is 0.235. The molecule has 1 fully saturated rings. The number of aromatic nitrogens is 3. The molecule has 0 aliphatic heterocycles. The summed E-state index contributed by atoms with van der Waals surface area (Å²) in [5, 5.41) is 5.64. The largest absolute Gasteiger partial charge is 0.366 e. The number of imidazole rings is 1. The minimum Gasteiger partial charge on any atom is -0.366 e. The van der Waals surface area contributed by atoms with Crippen LogP contribution >= 0.6 is 23.4 Å². The van der Waals surface area contributed by atoms with E-state index >= 15 is 0 Å². The molecule has 1 atom stereocenters. The third kappa shape index (κ3) is 4.50. The molecule has 2 amide bonds. The van der Waals surface area contributed by atoms with Gasteiger partial charge in [-0.05, 0) is 73.0 Å². The van der Waals surface area contributed by atoms with Crippen molar-refractivity contribution in [2.24, 2.45) is 5.73 Å². The highest BCUT2D eigenvalue weighted by Gasteiger charge is 2.27. The van der Waals surface area contributed by atoms with Gasteiger partial charge in [0.25, 0.3) is 0 Å². The van der Waals surface area contributed by atoms with Crippen LogP contribution in [0.5, 0.6) is 0 Å². The first-order chi connectivity index (χ1) is 18.4. The number of nitrogens with zero attached hydrogens (tertiary/aromatic N) is 3. The molecule has 0 bridgehead atoms. The summed E-state index contributed by atoms with van der Waals surface area (Å²) in [6, 6.07) is 21.3. The molecule has 3 aromatic carbocycles. The number of halogens is 1. The van der Waals surface area contributed by atoms with E-state index in [4.69, 9.17) is 22.3 Å². The number of carbonyl (C=O) groups is 2. The number of thioether (sulfide) groups is 1. The predicted molar refractivity (Wildman–Crippen MR) is 152 cm³/mol. The Morgan fingerprint density at radius 3 is 2.61 bits per heavy atom. The Morgan fingerprint density at radius 1 is 1.08 bits per heavy atom. The predicted octanol–water partition coefficient (Wildman–Crippen LogP) is 6.32. The second-order valence-corrected chi connectivity index (χ2v) is 11.1. The minimum absolute atomic E-state index is 0.241. The third-order valence-electron chi connectivity index (χ3n) is 6.76. The Labute approximate surface area is 228 Å². The molecule has 190 valence electrons. The molecule has 1 unspecified atom stereocenters. The molecule has 2 heterocycles. The summed E-state index contributed by atoms with van der Waals surface area (Å²) < 4.78 is 2.09. The van der Waals surface area contributed by atoms with Gasteiger partial charge in [0.15, 0.2) is 10.8 Å². The molecule has 38 heavy (non-hydrogen) atoms. The Morgan fingerprint density at radius 2 is 1.87 bits per heavy atom. The van der Waals surface area contributed by atoms with Crippen molar-refractivity contribution >= 4 is 62.8 Å². The molecule has 9 heteroatoms. The summed E-state index contributed by atoms with van der Waals surface area (Å²) >= 11 is 7.63. The van der Waals surface area contributed by atoms with Crippen molar-refractivity contribution in [2.75, 3.05) is 5.32 Å². The van der Waals surface area contributed by atoms with Gasteiger partial charge in [0.2, 0.25) is 11.8 Å². The van der Waals surface area contributed by atoms with Crippen LogP contribution in [0.2, 0.25) is 5.02 Å². The molecular weight excluding hydrogens is 518 g/mol. The number of fused-ring (bicyclic) bond motifs is 2. The lowest BCUT2D eigenvalue weighted by Gasteiger charge is -2.17. The lowest BCUT2D eigenvalue weighted by Crippen LogP contribution is -2.23. The van der Waals surface area contributed by atoms with Gasteiger partial charge in [0.05, 0.1) is 27.2 Å². The molecule has 7 nitrogen and oxygen atoms in total. The summed E-state index contributed by atoms with van der Waals surface area (Å²) in [6.07, 6.45) is 4.17. The molecule has 5 aromatic rings. The van der Waals surface area contributed by atoms with Crippen molar-refractivity contribution in [3.05, 3.63) is 89.1 Å². The number of amides is 2. The number of benzene rings is 3. The van der Waals surface area contributed by atoms with Crippen molar-refractivity contribution in [2.45, 2.75) is 36.1 Å². The van der Waals surface area contributed by atoms with Gasteiger partial charge in [-0.25, -0.2) is 9.97 Å². The highest BCUT2D eigenvalue weighted by molar-refractivity contribution is 8.00. The van der Waals surface area contributed by atoms with Crippen molar-refractivity contribution in [1.82, 2.24) is 14.5 Å². The number of carbonyl (C=O) groups excluding carboxylic acids is 2. The number of pyridine rings is 1. The fourth-order valence-electron chi connectivity index (χ4n) is 4.67. The molecule has 1 aliphatic rings. The van der Waals surface area contributed by atoms with E-state index in [2.05, 4.69) is 51.3 Å². The van der Waals surface area contributed by atoms with E-state index in [9.17, 15) is 9.59 Å². The first kappa shape index (κ1) is 24.5. The summed E-state index contributed by atoms with van der Waals surface area (Å²) in [7, 11) is 0. The maximum Gasteiger partial charge on any atom is 0.248 e. The van der Waals surface area contributed by atoms with Gasteiger partial charge < -0.3 is 11.1 Å². The Bertz CT molecular complexity index is 1730. The Kier molecular flexibility index (Phi) is 6.29. The number of hydrogen-bond acceptors (Lipinski definition) is 5. The second kappa shape index (κ2) is 9.78. The topological polar surface area (TPSA) is 103 Å². The monoisotopic (exact) mass is 541 g/mol. The van der Waals surface area contributed by atoms with Crippen LogP contribution in [0.15, 0.2) is 78.1 Å². The standard InChI is InChI=1S/C29H24ClN5O2S/c1-16(28(37)33-23-12-10-18(26(31)36)15-22(23)30)38-29-34-27-25(7-4-14-32-27)35(29)24-13-11-19(17-8-9-17)20-5-2-3-6-21(20)24/h2-7,10-17H,8-9H2,1H3,(H2,31,36)(H,33,37). The maximum absolute atomic E-state index is 13.2. The first-order valence-electron chi connectivity index (χ1n) is 12.3. The van der Waals surface area contributed by atoms with Crippen molar-refractivity contribution in [3.8, 4) is 5.69 Å². The van der Waals surface area contributed by atoms with Crippen LogP contribution in [0.3, 0.4) is 0 Å². The molecule has 3 N–H and O–H groups in total. The Balaban J connectivity index is 1.36. The van der Waals surface area contributed by atoms with Crippen LogP contribution in [-0.4, -0.2) is 31.6 Å². The number of primary amides is 1. The molecule has 1 saturated carbocycles. The van der Waals surface area contributed by atoms with Crippen LogP contribution < -0.4 is 11.1 Å². The lowest BCUT2D eigenvalue weighted by molar-refractivity contribution is -0.115. The van der Waals surface area contributed by atoms with E-state index in [1.807, 2.05) is 19.1 Å². The average molecular weight is 542 g/mol. The summed E-state index contributed by atoms with van der Waals surface area (Å²) in [6.45, 7) is 1.82. The number of rotatable bonds is 7. The highest BCUT2D eigenvalue weighted by atomic mass is 35.5. The SMILES string of the molecule is CC(Sc1nc2ncccc2n1-c1ccc(C2CC2)c2ccccc12)C(=O)Nc1ccc(C(N)=O)cc1Cl. The fraction of sp³-hybridized carbons (Fsp3) is 0.172. The molecular formula is C29H24ClN5O2S. The zero-order valence-electron chi connectivity index (χ0n) is 20.5. The van der Waals surface area contributed by atoms with Gasteiger partial charge in [0.1, 0.15) is 0 Å². The van der Waals surface area contributed by atoms with E-state index in [1.54, 1.807) is 12.3 Å². The highest BCUT2D eigenvalue weighted by Crippen LogP contribution is 2.44. The summed E-state index contributed by atoms with van der Waals surface area (Å²) in [4.78, 5) is 33.8.